The van der Waals surface area contributed by atoms with Crippen LogP contribution >= 0.6 is 0 Å². The van der Waals surface area contributed by atoms with E-state index in [0.717, 1.165) is 18.4 Å². The predicted octanol–water partition coefficient (Wildman–Crippen LogP) is 3.67. The van der Waals surface area contributed by atoms with Gasteiger partial charge in [-0.05, 0) is 37.0 Å². The van der Waals surface area contributed by atoms with Gasteiger partial charge in [0.05, 0.1) is 5.52 Å². The van der Waals surface area contributed by atoms with E-state index >= 15 is 0 Å². The standard InChI is InChI=1S/C14H17N/c1-4-11-10(3)12-8-6-7-9-14(12)15-13(11)5-2/h6-9H,4-5H2,1-3H3. The van der Waals surface area contributed by atoms with Gasteiger partial charge < -0.3 is 0 Å². The Morgan fingerprint density at radius 2 is 1.80 bits per heavy atom. The molecule has 1 aromatic carbocycles. The van der Waals surface area contributed by atoms with Crippen LogP contribution in [0, 0.1) is 6.92 Å². The van der Waals surface area contributed by atoms with Gasteiger partial charge in [-0.15, -0.1) is 0 Å². The molecule has 0 unspecified atom stereocenters. The Morgan fingerprint density at radius 1 is 1.07 bits per heavy atom. The van der Waals surface area contributed by atoms with Crippen LogP contribution in [0.4, 0.5) is 0 Å². The number of pyridine rings is 1. The van der Waals surface area contributed by atoms with Crippen molar-refractivity contribution in [3.8, 4) is 0 Å². The third kappa shape index (κ3) is 1.63. The summed E-state index contributed by atoms with van der Waals surface area (Å²) >= 11 is 0. The lowest BCUT2D eigenvalue weighted by Crippen LogP contribution is -2.00. The van der Waals surface area contributed by atoms with Crippen LogP contribution in [-0.2, 0) is 12.8 Å². The van der Waals surface area contributed by atoms with Crippen LogP contribution in [-0.4, -0.2) is 4.98 Å². The molecule has 2 rings (SSSR count). The van der Waals surface area contributed by atoms with E-state index in [1.165, 1.54) is 22.2 Å². The summed E-state index contributed by atoms with van der Waals surface area (Å²) in [5.74, 6) is 0. The molecule has 0 aliphatic carbocycles. The average molecular weight is 199 g/mol. The quantitative estimate of drug-likeness (QED) is 0.719. The summed E-state index contributed by atoms with van der Waals surface area (Å²) in [6, 6.07) is 8.40. The minimum absolute atomic E-state index is 1.02. The SMILES string of the molecule is CCc1nc2ccccc2c(C)c1CC. The van der Waals surface area contributed by atoms with Gasteiger partial charge in [0.15, 0.2) is 0 Å². The fourth-order valence-corrected chi connectivity index (χ4v) is 2.24. The summed E-state index contributed by atoms with van der Waals surface area (Å²) in [6.07, 6.45) is 2.10. The first-order chi connectivity index (χ1) is 7.27. The number of fused-ring (bicyclic) bond motifs is 1. The summed E-state index contributed by atoms with van der Waals surface area (Å²) in [5, 5.41) is 1.30. The van der Waals surface area contributed by atoms with Gasteiger partial charge in [0.1, 0.15) is 0 Å². The lowest BCUT2D eigenvalue weighted by Gasteiger charge is -2.11. The zero-order valence-corrected chi connectivity index (χ0v) is 9.67. The van der Waals surface area contributed by atoms with Gasteiger partial charge in [-0.1, -0.05) is 32.0 Å². The van der Waals surface area contributed by atoms with E-state index in [2.05, 4.69) is 45.0 Å². The highest BCUT2D eigenvalue weighted by Gasteiger charge is 2.08. The highest BCUT2D eigenvalue weighted by molar-refractivity contribution is 5.83. The molecule has 1 heterocycles. The van der Waals surface area contributed by atoms with Crippen molar-refractivity contribution < 1.29 is 0 Å². The van der Waals surface area contributed by atoms with E-state index in [1.54, 1.807) is 0 Å². The van der Waals surface area contributed by atoms with Crippen LogP contribution in [0.3, 0.4) is 0 Å². The number of aromatic nitrogens is 1. The first-order valence-electron chi connectivity index (χ1n) is 5.65. The van der Waals surface area contributed by atoms with Crippen LogP contribution in [0.2, 0.25) is 0 Å². The number of aryl methyl sites for hydroxylation is 2. The fraction of sp³-hybridized carbons (Fsp3) is 0.357. The van der Waals surface area contributed by atoms with Gasteiger partial charge in [0.25, 0.3) is 0 Å². The van der Waals surface area contributed by atoms with E-state index in [-0.39, 0.29) is 0 Å². The molecular formula is C14H17N. The summed E-state index contributed by atoms with van der Waals surface area (Å²) in [5.41, 5.74) is 5.22. The summed E-state index contributed by atoms with van der Waals surface area (Å²) < 4.78 is 0. The van der Waals surface area contributed by atoms with Gasteiger partial charge >= 0.3 is 0 Å². The molecule has 0 atom stereocenters. The van der Waals surface area contributed by atoms with Crippen LogP contribution in [0.25, 0.3) is 10.9 Å². The van der Waals surface area contributed by atoms with Crippen molar-refractivity contribution in [3.63, 3.8) is 0 Å². The molecule has 1 nitrogen and oxygen atoms in total. The zero-order chi connectivity index (χ0) is 10.8. The fourth-order valence-electron chi connectivity index (χ4n) is 2.24. The van der Waals surface area contributed by atoms with E-state index in [9.17, 15) is 0 Å². The molecule has 0 saturated carbocycles. The van der Waals surface area contributed by atoms with Gasteiger partial charge in [0.2, 0.25) is 0 Å². The second kappa shape index (κ2) is 4.01. The lowest BCUT2D eigenvalue weighted by atomic mass is 9.99. The molecule has 0 fully saturated rings. The molecule has 0 spiro atoms. The number of nitrogens with zero attached hydrogens (tertiary/aromatic N) is 1. The number of hydrogen-bond donors (Lipinski definition) is 0. The molecule has 78 valence electrons. The average Bonchev–Trinajstić information content (AvgIpc) is 2.29. The normalized spacial score (nSPS) is 10.9. The third-order valence-corrected chi connectivity index (χ3v) is 3.05. The highest BCUT2D eigenvalue weighted by Crippen LogP contribution is 2.23. The largest absolute Gasteiger partial charge is 0.253 e. The van der Waals surface area contributed by atoms with Crippen molar-refractivity contribution >= 4 is 10.9 Å². The lowest BCUT2D eigenvalue weighted by molar-refractivity contribution is 0.968. The summed E-state index contributed by atoms with van der Waals surface area (Å²) in [7, 11) is 0. The first kappa shape index (κ1) is 10.2. The number of para-hydroxylation sites is 1. The molecule has 0 N–H and O–H groups in total. The van der Waals surface area contributed by atoms with E-state index in [4.69, 9.17) is 4.98 Å². The second-order valence-corrected chi connectivity index (χ2v) is 3.89. The van der Waals surface area contributed by atoms with Crippen molar-refractivity contribution in [3.05, 3.63) is 41.1 Å². The third-order valence-electron chi connectivity index (χ3n) is 3.05. The number of rotatable bonds is 2. The molecule has 0 aliphatic heterocycles. The smallest absolute Gasteiger partial charge is 0.0708 e. The van der Waals surface area contributed by atoms with E-state index in [0.29, 0.717) is 0 Å². The maximum atomic E-state index is 4.73. The van der Waals surface area contributed by atoms with Crippen molar-refractivity contribution in [1.82, 2.24) is 4.98 Å². The molecule has 0 bridgehead atoms. The monoisotopic (exact) mass is 199 g/mol. The topological polar surface area (TPSA) is 12.9 Å². The Hall–Kier alpha value is -1.37. The van der Waals surface area contributed by atoms with Crippen molar-refractivity contribution in [2.75, 3.05) is 0 Å². The van der Waals surface area contributed by atoms with Gasteiger partial charge in [-0.2, -0.15) is 0 Å². The Balaban J connectivity index is 2.81. The van der Waals surface area contributed by atoms with Crippen LogP contribution in [0.1, 0.15) is 30.7 Å². The molecule has 15 heavy (non-hydrogen) atoms. The minimum Gasteiger partial charge on any atom is -0.253 e. The first-order valence-corrected chi connectivity index (χ1v) is 5.65. The minimum atomic E-state index is 1.02. The second-order valence-electron chi connectivity index (χ2n) is 3.89. The summed E-state index contributed by atoms with van der Waals surface area (Å²) in [6.45, 7) is 6.59. The molecule has 0 radical (unpaired) electrons. The van der Waals surface area contributed by atoms with Crippen molar-refractivity contribution in [1.29, 1.82) is 0 Å². The van der Waals surface area contributed by atoms with Crippen LogP contribution in [0.15, 0.2) is 24.3 Å². The predicted molar refractivity (Wildman–Crippen MR) is 65.2 cm³/mol. The van der Waals surface area contributed by atoms with E-state index < -0.39 is 0 Å². The molecule has 0 aliphatic rings. The Labute approximate surface area is 91.2 Å². The number of benzene rings is 1. The maximum Gasteiger partial charge on any atom is 0.0708 e. The Morgan fingerprint density at radius 3 is 2.47 bits per heavy atom. The summed E-state index contributed by atoms with van der Waals surface area (Å²) in [4.78, 5) is 4.73. The van der Waals surface area contributed by atoms with Crippen LogP contribution in [0.5, 0.6) is 0 Å². The van der Waals surface area contributed by atoms with Gasteiger partial charge in [-0.3, -0.25) is 4.98 Å². The molecular weight excluding hydrogens is 182 g/mol. The van der Waals surface area contributed by atoms with E-state index in [1.807, 2.05) is 0 Å². The van der Waals surface area contributed by atoms with Crippen LogP contribution < -0.4 is 0 Å². The molecule has 0 saturated heterocycles. The molecule has 1 aromatic heterocycles. The molecule has 1 heteroatoms. The zero-order valence-electron chi connectivity index (χ0n) is 9.67. The van der Waals surface area contributed by atoms with Crippen molar-refractivity contribution in [2.45, 2.75) is 33.6 Å². The number of hydrogen-bond acceptors (Lipinski definition) is 1. The van der Waals surface area contributed by atoms with Gasteiger partial charge in [0, 0.05) is 11.1 Å². The molecule has 2 aromatic rings. The Kier molecular flexibility index (Phi) is 2.72. The van der Waals surface area contributed by atoms with Gasteiger partial charge in [-0.25, -0.2) is 0 Å². The highest BCUT2D eigenvalue weighted by atomic mass is 14.7. The molecule has 0 amide bonds. The maximum absolute atomic E-state index is 4.73. The Bertz CT molecular complexity index is 486. The van der Waals surface area contributed by atoms with Crippen molar-refractivity contribution in [2.24, 2.45) is 0 Å².